The van der Waals surface area contributed by atoms with Gasteiger partial charge in [0.25, 0.3) is 0 Å². The van der Waals surface area contributed by atoms with Gasteiger partial charge >= 0.3 is 13.2 Å². The fraction of sp³-hybridized carbons (Fsp3) is 0.174. The lowest BCUT2D eigenvalue weighted by atomic mass is 9.76. The van der Waals surface area contributed by atoms with Crippen molar-refractivity contribution in [2.75, 3.05) is 6.61 Å². The molecule has 160 valence electrons. The fourth-order valence-electron chi connectivity index (χ4n) is 4.13. The molecule has 0 saturated carbocycles. The molecule has 3 N–H and O–H groups in total. The molecule has 0 atom stereocenters. The number of nitrogens with one attached hydrogen (secondary N) is 1. The molecule has 0 fully saturated rings. The predicted molar refractivity (Wildman–Crippen MR) is 122 cm³/mol. The molecule has 9 heteroatoms. The van der Waals surface area contributed by atoms with Gasteiger partial charge in [0, 0.05) is 23.1 Å². The van der Waals surface area contributed by atoms with Crippen molar-refractivity contribution in [2.45, 2.75) is 19.4 Å². The summed E-state index contributed by atoms with van der Waals surface area (Å²) in [4.78, 5) is 15.1. The highest BCUT2D eigenvalue weighted by atomic mass is 16.5. The molecule has 0 aliphatic heterocycles. The van der Waals surface area contributed by atoms with Gasteiger partial charge in [0.15, 0.2) is 0 Å². The van der Waals surface area contributed by atoms with Crippen LogP contribution in [0.5, 0.6) is 0 Å². The Morgan fingerprint density at radius 3 is 2.34 bits per heavy atom. The van der Waals surface area contributed by atoms with E-state index in [1.54, 1.807) is 19.1 Å². The van der Waals surface area contributed by atoms with Crippen LogP contribution in [-0.2, 0) is 11.3 Å². The Bertz CT molecular complexity index is 1180. The molecule has 4 rings (SSSR count). The first kappa shape index (κ1) is 21.5. The molecular formula is C23H21BN4O4. The standard InChI is InChI=1S/C23H21BN4O4/c1-14-21(24(30)31)10-15(11-22(14)27-28-25)12-26-23(29)32-13-20-18-8-4-2-6-16(18)17-7-3-5-9-19(17)20/h2-11,20,30-31H,12-13H2,1H3,(H,26,29). The van der Waals surface area contributed by atoms with E-state index in [0.717, 1.165) is 22.3 Å². The van der Waals surface area contributed by atoms with Crippen LogP contribution in [0.4, 0.5) is 10.5 Å². The van der Waals surface area contributed by atoms with Crippen molar-refractivity contribution in [3.8, 4) is 11.1 Å². The summed E-state index contributed by atoms with van der Waals surface area (Å²) in [5.41, 5.74) is 14.8. The number of benzene rings is 3. The number of hydrogen-bond acceptors (Lipinski definition) is 5. The third kappa shape index (κ3) is 4.17. The zero-order valence-electron chi connectivity index (χ0n) is 17.4. The smallest absolute Gasteiger partial charge is 0.449 e. The summed E-state index contributed by atoms with van der Waals surface area (Å²) in [5.74, 6) is -0.0415. The van der Waals surface area contributed by atoms with Crippen molar-refractivity contribution >= 4 is 24.4 Å². The average Bonchev–Trinajstić information content (AvgIpc) is 3.11. The Labute approximate surface area is 185 Å². The molecule has 0 aromatic heterocycles. The Kier molecular flexibility index (Phi) is 6.14. The molecule has 1 amide bonds. The van der Waals surface area contributed by atoms with Gasteiger partial charge in [-0.25, -0.2) is 4.79 Å². The van der Waals surface area contributed by atoms with Crippen LogP contribution in [0.2, 0.25) is 0 Å². The molecule has 0 unspecified atom stereocenters. The molecule has 1 aliphatic rings. The summed E-state index contributed by atoms with van der Waals surface area (Å²) in [5, 5.41) is 25.4. The number of amides is 1. The molecule has 32 heavy (non-hydrogen) atoms. The van der Waals surface area contributed by atoms with Crippen LogP contribution in [0.3, 0.4) is 0 Å². The van der Waals surface area contributed by atoms with Gasteiger partial charge in [-0.2, -0.15) is 0 Å². The van der Waals surface area contributed by atoms with Crippen molar-refractivity contribution in [2.24, 2.45) is 5.11 Å². The summed E-state index contributed by atoms with van der Waals surface area (Å²) in [6.07, 6.45) is -0.594. The van der Waals surface area contributed by atoms with Crippen molar-refractivity contribution < 1.29 is 19.6 Å². The normalized spacial score (nSPS) is 11.8. The first-order valence-electron chi connectivity index (χ1n) is 10.1. The topological polar surface area (TPSA) is 128 Å². The molecule has 0 spiro atoms. The van der Waals surface area contributed by atoms with Gasteiger partial charge in [-0.1, -0.05) is 59.7 Å². The highest BCUT2D eigenvalue weighted by Crippen LogP contribution is 2.44. The third-order valence-electron chi connectivity index (χ3n) is 5.69. The maximum Gasteiger partial charge on any atom is 0.488 e. The van der Waals surface area contributed by atoms with E-state index >= 15 is 0 Å². The fourth-order valence-corrected chi connectivity index (χ4v) is 4.13. The molecule has 0 saturated heterocycles. The minimum atomic E-state index is -1.72. The Morgan fingerprint density at radius 1 is 1.12 bits per heavy atom. The number of carbonyl (C=O) groups is 1. The lowest BCUT2D eigenvalue weighted by molar-refractivity contribution is 0.142. The second-order valence-corrected chi connectivity index (χ2v) is 7.57. The van der Waals surface area contributed by atoms with Gasteiger partial charge in [0.2, 0.25) is 0 Å². The highest BCUT2D eigenvalue weighted by molar-refractivity contribution is 6.59. The number of rotatable bonds is 6. The number of ether oxygens (including phenoxy) is 1. The zero-order chi connectivity index (χ0) is 22.7. The van der Waals surface area contributed by atoms with Gasteiger partial charge in [0.1, 0.15) is 6.61 Å². The summed E-state index contributed by atoms with van der Waals surface area (Å²) in [7, 11) is -1.72. The van der Waals surface area contributed by atoms with Crippen LogP contribution in [0.25, 0.3) is 21.6 Å². The largest absolute Gasteiger partial charge is 0.488 e. The monoisotopic (exact) mass is 428 g/mol. The van der Waals surface area contributed by atoms with E-state index in [0.29, 0.717) is 11.1 Å². The van der Waals surface area contributed by atoms with Gasteiger partial charge < -0.3 is 20.1 Å². The van der Waals surface area contributed by atoms with Crippen LogP contribution in [0.15, 0.2) is 65.8 Å². The van der Waals surface area contributed by atoms with Crippen LogP contribution in [-0.4, -0.2) is 29.9 Å². The molecular weight excluding hydrogens is 407 g/mol. The third-order valence-corrected chi connectivity index (χ3v) is 5.69. The van der Waals surface area contributed by atoms with E-state index in [4.69, 9.17) is 10.3 Å². The van der Waals surface area contributed by atoms with Crippen LogP contribution >= 0.6 is 0 Å². The molecule has 0 heterocycles. The van der Waals surface area contributed by atoms with Crippen molar-refractivity contribution in [3.05, 3.63) is 93.4 Å². The van der Waals surface area contributed by atoms with E-state index in [9.17, 15) is 14.8 Å². The molecule has 1 aliphatic carbocycles. The van der Waals surface area contributed by atoms with Crippen molar-refractivity contribution in [3.63, 3.8) is 0 Å². The van der Waals surface area contributed by atoms with Crippen LogP contribution < -0.4 is 10.8 Å². The van der Waals surface area contributed by atoms with Gasteiger partial charge in [0.05, 0.1) is 0 Å². The molecule has 8 nitrogen and oxygen atoms in total. The van der Waals surface area contributed by atoms with E-state index < -0.39 is 13.2 Å². The second kappa shape index (κ2) is 9.15. The molecule has 3 aromatic rings. The van der Waals surface area contributed by atoms with Gasteiger partial charge in [-0.05, 0) is 57.4 Å². The number of carbonyl (C=O) groups excluding carboxylic acids is 1. The van der Waals surface area contributed by atoms with E-state index in [2.05, 4.69) is 27.5 Å². The summed E-state index contributed by atoms with van der Waals surface area (Å²) >= 11 is 0. The van der Waals surface area contributed by atoms with Crippen molar-refractivity contribution in [1.82, 2.24) is 5.32 Å². The van der Waals surface area contributed by atoms with Gasteiger partial charge in [-0.15, -0.1) is 0 Å². The van der Waals surface area contributed by atoms with Gasteiger partial charge in [-0.3, -0.25) is 0 Å². The maximum atomic E-state index is 12.4. The quantitative estimate of drug-likeness (QED) is 0.240. The Morgan fingerprint density at radius 2 is 1.75 bits per heavy atom. The van der Waals surface area contributed by atoms with Crippen LogP contribution in [0.1, 0.15) is 28.2 Å². The molecule has 0 bridgehead atoms. The maximum absolute atomic E-state index is 12.4. The first-order chi connectivity index (χ1) is 15.5. The zero-order valence-corrected chi connectivity index (χ0v) is 17.4. The second-order valence-electron chi connectivity index (χ2n) is 7.57. The summed E-state index contributed by atoms with van der Waals surface area (Å²) in [6.45, 7) is 1.89. The summed E-state index contributed by atoms with van der Waals surface area (Å²) in [6, 6.07) is 19.3. The number of hydrogen-bond donors (Lipinski definition) is 3. The Hall–Kier alpha value is -3.78. The number of fused-ring (bicyclic) bond motifs is 3. The SMILES string of the molecule is Cc1c(N=[N+]=[N-])cc(CNC(=O)OCC2c3ccccc3-c3ccccc32)cc1B(O)O. The lowest BCUT2D eigenvalue weighted by Gasteiger charge is -2.15. The predicted octanol–water partition coefficient (Wildman–Crippen LogP) is 3.66. The minimum absolute atomic E-state index is 0.0415. The minimum Gasteiger partial charge on any atom is -0.449 e. The van der Waals surface area contributed by atoms with E-state index in [1.807, 2.05) is 36.4 Å². The number of alkyl carbamates (subject to hydrolysis) is 1. The number of nitrogens with zero attached hydrogens (tertiary/aromatic N) is 3. The number of azide groups is 1. The van der Waals surface area contributed by atoms with E-state index in [1.165, 1.54) is 0 Å². The van der Waals surface area contributed by atoms with E-state index in [-0.39, 0.29) is 30.2 Å². The first-order valence-corrected chi connectivity index (χ1v) is 10.1. The average molecular weight is 428 g/mol. The highest BCUT2D eigenvalue weighted by Gasteiger charge is 2.29. The lowest BCUT2D eigenvalue weighted by Crippen LogP contribution is -2.33. The Balaban J connectivity index is 1.44. The molecule has 3 aromatic carbocycles. The van der Waals surface area contributed by atoms with Crippen LogP contribution in [0, 0.1) is 6.92 Å². The summed E-state index contributed by atoms with van der Waals surface area (Å²) < 4.78 is 5.51. The molecule has 0 radical (unpaired) electrons. The van der Waals surface area contributed by atoms with Crippen molar-refractivity contribution in [1.29, 1.82) is 0 Å².